The van der Waals surface area contributed by atoms with Crippen molar-refractivity contribution in [3.8, 4) is 6.07 Å². The van der Waals surface area contributed by atoms with Crippen LogP contribution in [0.1, 0.15) is 24.1 Å². The summed E-state index contributed by atoms with van der Waals surface area (Å²) in [6.07, 6.45) is 4.00. The second-order valence-electron chi connectivity index (χ2n) is 7.71. The Hall–Kier alpha value is -2.91. The summed E-state index contributed by atoms with van der Waals surface area (Å²) >= 11 is 0. The molecule has 27 heavy (non-hydrogen) atoms. The predicted octanol–water partition coefficient (Wildman–Crippen LogP) is 2.52. The van der Waals surface area contributed by atoms with E-state index >= 15 is 0 Å². The number of aromatic nitrogens is 3. The van der Waals surface area contributed by atoms with Gasteiger partial charge < -0.3 is 15.2 Å². The van der Waals surface area contributed by atoms with E-state index in [0.717, 1.165) is 42.2 Å². The van der Waals surface area contributed by atoms with E-state index in [1.165, 1.54) is 6.42 Å². The van der Waals surface area contributed by atoms with Crippen LogP contribution in [0, 0.1) is 23.2 Å². The molecule has 6 nitrogen and oxygen atoms in total. The van der Waals surface area contributed by atoms with Gasteiger partial charge in [0.05, 0.1) is 28.8 Å². The van der Waals surface area contributed by atoms with Gasteiger partial charge in [-0.25, -0.2) is 4.98 Å². The predicted molar refractivity (Wildman–Crippen MR) is 104 cm³/mol. The van der Waals surface area contributed by atoms with Gasteiger partial charge in [0.1, 0.15) is 6.07 Å². The molecule has 0 radical (unpaired) electrons. The Bertz CT molecular complexity index is 1020. The molecule has 3 atom stereocenters. The lowest BCUT2D eigenvalue weighted by Crippen LogP contribution is -2.31. The summed E-state index contributed by atoms with van der Waals surface area (Å²) in [4.78, 5) is 11.8. The van der Waals surface area contributed by atoms with Crippen molar-refractivity contribution in [1.82, 2.24) is 14.5 Å². The molecule has 1 saturated heterocycles. The molecular weight excluding hydrogens is 336 g/mol. The first-order chi connectivity index (χ1) is 13.2. The molecule has 2 aromatic heterocycles. The topological polar surface area (TPSA) is 83.8 Å². The number of fused-ring (bicyclic) bond motifs is 2. The molecule has 2 fully saturated rings. The Labute approximate surface area is 158 Å². The van der Waals surface area contributed by atoms with Gasteiger partial charge in [-0.3, -0.25) is 4.98 Å². The van der Waals surface area contributed by atoms with Gasteiger partial charge in [0.25, 0.3) is 0 Å². The zero-order valence-corrected chi connectivity index (χ0v) is 15.1. The molecule has 0 amide bonds. The SMILES string of the molecule is N#Cc1ccc(Cn2c(N3C[C@H]4CC[C@@H](N)[C@H]4C3)nc3ccccc32)nc1. The first kappa shape index (κ1) is 16.3. The summed E-state index contributed by atoms with van der Waals surface area (Å²) in [5, 5.41) is 8.99. The normalized spacial score (nSPS) is 24.3. The summed E-state index contributed by atoms with van der Waals surface area (Å²) in [5.41, 5.74) is 9.95. The van der Waals surface area contributed by atoms with Gasteiger partial charge >= 0.3 is 0 Å². The average molecular weight is 358 g/mol. The van der Waals surface area contributed by atoms with Crippen LogP contribution in [0.3, 0.4) is 0 Å². The standard InChI is InChI=1S/C21H22N6/c22-9-14-5-7-16(24-10-14)12-27-20-4-2-1-3-19(20)25-21(27)26-11-15-6-8-18(23)17(15)13-26/h1-5,7,10,15,17-18H,6,8,11-13,23H2/t15-,17+,18-/m1/s1. The smallest absolute Gasteiger partial charge is 0.206 e. The number of hydrogen-bond donors (Lipinski definition) is 1. The number of anilines is 1. The van der Waals surface area contributed by atoms with Gasteiger partial charge in [-0.1, -0.05) is 12.1 Å². The highest BCUT2D eigenvalue weighted by molar-refractivity contribution is 5.79. The first-order valence-corrected chi connectivity index (χ1v) is 9.54. The van der Waals surface area contributed by atoms with Crippen molar-refractivity contribution in [2.45, 2.75) is 25.4 Å². The van der Waals surface area contributed by atoms with Crippen LogP contribution in [0.25, 0.3) is 11.0 Å². The maximum atomic E-state index is 8.99. The van der Waals surface area contributed by atoms with E-state index in [0.29, 0.717) is 30.0 Å². The van der Waals surface area contributed by atoms with Crippen molar-refractivity contribution in [2.24, 2.45) is 17.6 Å². The fraction of sp³-hybridized carbons (Fsp3) is 0.381. The fourth-order valence-electron chi connectivity index (χ4n) is 4.68. The van der Waals surface area contributed by atoms with Crippen LogP contribution >= 0.6 is 0 Å². The van der Waals surface area contributed by atoms with E-state index in [4.69, 9.17) is 16.0 Å². The molecule has 2 aliphatic rings. The number of rotatable bonds is 3. The van der Waals surface area contributed by atoms with E-state index in [1.807, 2.05) is 24.3 Å². The highest BCUT2D eigenvalue weighted by Gasteiger charge is 2.42. The average Bonchev–Trinajstić information content (AvgIpc) is 3.37. The molecule has 3 heterocycles. The minimum absolute atomic E-state index is 0.318. The lowest BCUT2D eigenvalue weighted by Gasteiger charge is -2.21. The molecule has 0 spiro atoms. The van der Waals surface area contributed by atoms with Crippen molar-refractivity contribution in [3.05, 3.63) is 53.9 Å². The molecule has 2 N–H and O–H groups in total. The van der Waals surface area contributed by atoms with Crippen LogP contribution in [-0.4, -0.2) is 33.7 Å². The minimum Gasteiger partial charge on any atom is -0.342 e. The van der Waals surface area contributed by atoms with Crippen molar-refractivity contribution in [3.63, 3.8) is 0 Å². The minimum atomic E-state index is 0.318. The maximum absolute atomic E-state index is 8.99. The number of benzene rings is 1. The van der Waals surface area contributed by atoms with Gasteiger partial charge in [0.2, 0.25) is 5.95 Å². The third-order valence-electron chi connectivity index (χ3n) is 6.10. The summed E-state index contributed by atoms with van der Waals surface area (Å²) in [6, 6.07) is 14.4. The third kappa shape index (κ3) is 2.75. The van der Waals surface area contributed by atoms with Gasteiger partial charge in [-0.2, -0.15) is 5.26 Å². The first-order valence-electron chi connectivity index (χ1n) is 9.54. The summed E-state index contributed by atoms with van der Waals surface area (Å²) in [6.45, 7) is 2.65. The number of nitrogens with zero attached hydrogens (tertiary/aromatic N) is 5. The Morgan fingerprint density at radius 3 is 2.81 bits per heavy atom. The van der Waals surface area contributed by atoms with Crippen molar-refractivity contribution in [1.29, 1.82) is 5.26 Å². The maximum Gasteiger partial charge on any atom is 0.206 e. The molecule has 1 aromatic carbocycles. The molecule has 1 aliphatic carbocycles. The number of nitriles is 1. The monoisotopic (exact) mass is 358 g/mol. The van der Waals surface area contributed by atoms with Gasteiger partial charge in [-0.05, 0) is 48.9 Å². The van der Waals surface area contributed by atoms with Gasteiger partial charge in [-0.15, -0.1) is 0 Å². The number of nitrogens with two attached hydrogens (primary N) is 1. The second-order valence-corrected chi connectivity index (χ2v) is 7.71. The molecule has 6 heteroatoms. The fourth-order valence-corrected chi connectivity index (χ4v) is 4.68. The van der Waals surface area contributed by atoms with E-state index < -0.39 is 0 Å². The van der Waals surface area contributed by atoms with E-state index in [9.17, 15) is 0 Å². The largest absolute Gasteiger partial charge is 0.342 e. The summed E-state index contributed by atoms with van der Waals surface area (Å²) in [7, 11) is 0. The molecule has 5 rings (SSSR count). The highest BCUT2D eigenvalue weighted by atomic mass is 15.3. The van der Waals surface area contributed by atoms with Gasteiger partial charge in [0.15, 0.2) is 0 Å². The second kappa shape index (κ2) is 6.36. The zero-order valence-electron chi connectivity index (χ0n) is 15.1. The molecule has 1 aliphatic heterocycles. The molecule has 0 unspecified atom stereocenters. The van der Waals surface area contributed by atoms with E-state index in [-0.39, 0.29) is 0 Å². The molecule has 136 valence electrons. The Balaban J connectivity index is 1.52. The summed E-state index contributed by atoms with van der Waals surface area (Å²) in [5.74, 6) is 2.26. The number of imidazole rings is 1. The third-order valence-corrected chi connectivity index (χ3v) is 6.10. The molecule has 1 saturated carbocycles. The van der Waals surface area contributed by atoms with Crippen LogP contribution in [-0.2, 0) is 6.54 Å². The van der Waals surface area contributed by atoms with Crippen LogP contribution < -0.4 is 10.6 Å². The van der Waals surface area contributed by atoms with Crippen LogP contribution in [0.5, 0.6) is 0 Å². The lowest BCUT2D eigenvalue weighted by atomic mass is 9.98. The molecule has 3 aromatic rings. The number of para-hydroxylation sites is 2. The van der Waals surface area contributed by atoms with Crippen LogP contribution in [0.2, 0.25) is 0 Å². The highest BCUT2D eigenvalue weighted by Crippen LogP contribution is 2.39. The Kier molecular flexibility index (Phi) is 3.83. The van der Waals surface area contributed by atoms with Gasteiger partial charge in [0, 0.05) is 25.3 Å². The summed E-state index contributed by atoms with van der Waals surface area (Å²) < 4.78 is 2.25. The number of pyridine rings is 1. The Morgan fingerprint density at radius 2 is 2.04 bits per heavy atom. The van der Waals surface area contributed by atoms with Crippen LogP contribution in [0.15, 0.2) is 42.6 Å². The van der Waals surface area contributed by atoms with E-state index in [1.54, 1.807) is 6.20 Å². The quantitative estimate of drug-likeness (QED) is 0.778. The zero-order chi connectivity index (χ0) is 18.4. The Morgan fingerprint density at radius 1 is 1.15 bits per heavy atom. The number of hydrogen-bond acceptors (Lipinski definition) is 5. The van der Waals surface area contributed by atoms with E-state index in [2.05, 4.69) is 32.7 Å². The van der Waals surface area contributed by atoms with Crippen molar-refractivity contribution >= 4 is 17.0 Å². The molecule has 0 bridgehead atoms. The van der Waals surface area contributed by atoms with Crippen molar-refractivity contribution in [2.75, 3.05) is 18.0 Å². The van der Waals surface area contributed by atoms with Crippen molar-refractivity contribution < 1.29 is 0 Å². The van der Waals surface area contributed by atoms with Crippen LogP contribution in [0.4, 0.5) is 5.95 Å². The molecular formula is C21H22N6. The lowest BCUT2D eigenvalue weighted by molar-refractivity contribution is 0.453.